The summed E-state index contributed by atoms with van der Waals surface area (Å²) in [5.41, 5.74) is 2.48. The van der Waals surface area contributed by atoms with Crippen LogP contribution in [0.15, 0.2) is 18.2 Å². The average molecular weight is 379 g/mol. The Balaban J connectivity index is 1.23. The average Bonchev–Trinajstić information content (AvgIpc) is 3.39. The van der Waals surface area contributed by atoms with Gasteiger partial charge in [-0.3, -0.25) is 14.5 Å². The number of carbonyl (C=O) groups excluding carboxylic acids is 2. The molecule has 1 spiro atoms. The fourth-order valence-corrected chi connectivity index (χ4v) is 4.92. The van der Waals surface area contributed by atoms with Gasteiger partial charge in [0.2, 0.25) is 5.91 Å². The number of nitrogens with one attached hydrogen (secondary N) is 1. The first-order chi connectivity index (χ1) is 13.5. The van der Waals surface area contributed by atoms with Crippen molar-refractivity contribution >= 4 is 25.1 Å². The van der Waals surface area contributed by atoms with Gasteiger partial charge in [-0.05, 0) is 43.9 Å². The van der Waals surface area contributed by atoms with Gasteiger partial charge in [0.25, 0.3) is 5.91 Å². The zero-order chi connectivity index (χ0) is 19.3. The highest BCUT2D eigenvalue weighted by atomic mass is 16.5. The van der Waals surface area contributed by atoms with E-state index in [4.69, 9.17) is 12.6 Å². The van der Waals surface area contributed by atoms with E-state index in [1.807, 2.05) is 12.1 Å². The van der Waals surface area contributed by atoms with Gasteiger partial charge in [-0.15, -0.1) is 0 Å². The zero-order valence-corrected chi connectivity index (χ0v) is 16.2. The van der Waals surface area contributed by atoms with Gasteiger partial charge in [0.1, 0.15) is 7.85 Å². The minimum atomic E-state index is -0.0560. The van der Waals surface area contributed by atoms with E-state index in [0.717, 1.165) is 57.6 Å². The van der Waals surface area contributed by atoms with Gasteiger partial charge in [0, 0.05) is 30.1 Å². The highest BCUT2D eigenvalue weighted by Crippen LogP contribution is 2.52. The van der Waals surface area contributed by atoms with Crippen molar-refractivity contribution in [2.45, 2.75) is 43.2 Å². The van der Waals surface area contributed by atoms with Gasteiger partial charge in [-0.25, -0.2) is 0 Å². The molecule has 1 saturated carbocycles. The van der Waals surface area contributed by atoms with Crippen molar-refractivity contribution in [3.63, 3.8) is 0 Å². The number of hydrogen-bond acceptors (Lipinski definition) is 4. The molecule has 1 aromatic carbocycles. The lowest BCUT2D eigenvalue weighted by Crippen LogP contribution is -2.57. The number of nitrogens with zero attached hydrogens (tertiary/aromatic N) is 2. The Morgan fingerprint density at radius 3 is 2.86 bits per heavy atom. The highest BCUT2D eigenvalue weighted by Gasteiger charge is 2.51. The monoisotopic (exact) mass is 379 g/mol. The summed E-state index contributed by atoms with van der Waals surface area (Å²) in [7, 11) is 5.94. The third kappa shape index (κ3) is 3.24. The number of likely N-dealkylation sites (tertiary alicyclic amines) is 1. The molecule has 7 heteroatoms. The highest BCUT2D eigenvalue weighted by molar-refractivity contribution is 6.32. The maximum Gasteiger partial charge on any atom is 0.254 e. The number of piperidine rings is 1. The van der Waals surface area contributed by atoms with Gasteiger partial charge < -0.3 is 15.0 Å². The Labute approximate surface area is 167 Å². The number of ether oxygens (including phenoxy) is 1. The first kappa shape index (κ1) is 18.2. The molecule has 146 valence electrons. The number of carbonyl (C=O) groups is 2. The van der Waals surface area contributed by atoms with Crippen LogP contribution in [0.5, 0.6) is 0 Å². The molecule has 0 bridgehead atoms. The quantitative estimate of drug-likeness (QED) is 0.746. The van der Waals surface area contributed by atoms with Gasteiger partial charge in [0.15, 0.2) is 0 Å². The normalized spacial score (nSPS) is 26.6. The van der Waals surface area contributed by atoms with Crippen LogP contribution in [0.3, 0.4) is 0 Å². The van der Waals surface area contributed by atoms with Crippen molar-refractivity contribution in [3.8, 4) is 0 Å². The second-order valence-electron chi connectivity index (χ2n) is 8.84. The number of rotatable bonds is 4. The minimum absolute atomic E-state index is 0.00473. The largest absolute Gasteiger partial charge is 0.378 e. The fraction of sp³-hybridized carbons (Fsp3) is 0.619. The van der Waals surface area contributed by atoms with Crippen LogP contribution in [0.25, 0.3) is 0 Å². The molecule has 1 aromatic rings. The predicted molar refractivity (Wildman–Crippen MR) is 106 cm³/mol. The lowest BCUT2D eigenvalue weighted by Gasteiger charge is -2.42. The molecular formula is C21H26BN3O3. The number of fused-ring (bicyclic) bond motifs is 2. The first-order valence-corrected chi connectivity index (χ1v) is 10.3. The summed E-state index contributed by atoms with van der Waals surface area (Å²) in [5.74, 6) is -0.112. The van der Waals surface area contributed by atoms with Crippen LogP contribution in [0.1, 0.15) is 41.6 Å². The van der Waals surface area contributed by atoms with E-state index < -0.39 is 0 Å². The standard InChI is InChI=1S/C21H26BN3O3/c22-14-3-4-17-18(8-14)21(5-6-21)13-25(20(17)27)10-19(26)23-15-2-1-7-24(9-15)16-11-28-12-16/h3-4,8,15-16H,1-2,5-7,9-13H2,(H,23,26)/t15-/m1/s1. The van der Waals surface area contributed by atoms with E-state index in [1.54, 1.807) is 11.0 Å². The Bertz CT molecular complexity index is 806. The van der Waals surface area contributed by atoms with Crippen molar-refractivity contribution in [2.24, 2.45) is 0 Å². The second-order valence-corrected chi connectivity index (χ2v) is 8.84. The molecule has 4 aliphatic rings. The summed E-state index contributed by atoms with van der Waals surface area (Å²) in [6, 6.07) is 6.19. The third-order valence-corrected chi connectivity index (χ3v) is 6.77. The fourth-order valence-electron chi connectivity index (χ4n) is 4.92. The summed E-state index contributed by atoms with van der Waals surface area (Å²) in [6.45, 7) is 4.30. The Kier molecular flexibility index (Phi) is 4.47. The van der Waals surface area contributed by atoms with Crippen LogP contribution < -0.4 is 10.8 Å². The van der Waals surface area contributed by atoms with Crippen molar-refractivity contribution in [3.05, 3.63) is 29.3 Å². The molecule has 5 rings (SSSR count). The Hall–Kier alpha value is -1.86. The summed E-state index contributed by atoms with van der Waals surface area (Å²) < 4.78 is 5.30. The SMILES string of the molecule is [B]c1ccc2c(c1)C1(CC1)CN(CC(=O)N[C@@H]1CCCN(C3COC3)C1)C2=O. The molecule has 2 saturated heterocycles. The van der Waals surface area contributed by atoms with Crippen molar-refractivity contribution in [2.75, 3.05) is 39.4 Å². The molecule has 2 radical (unpaired) electrons. The van der Waals surface area contributed by atoms with E-state index >= 15 is 0 Å². The molecule has 28 heavy (non-hydrogen) atoms. The van der Waals surface area contributed by atoms with Gasteiger partial charge >= 0.3 is 0 Å². The molecule has 0 aromatic heterocycles. The lowest BCUT2D eigenvalue weighted by atomic mass is 9.82. The lowest BCUT2D eigenvalue weighted by molar-refractivity contribution is -0.123. The molecule has 3 fully saturated rings. The molecule has 6 nitrogen and oxygen atoms in total. The molecule has 3 aliphatic heterocycles. The van der Waals surface area contributed by atoms with Crippen molar-refractivity contribution in [1.29, 1.82) is 0 Å². The Morgan fingerprint density at radius 1 is 1.32 bits per heavy atom. The minimum Gasteiger partial charge on any atom is -0.378 e. The van der Waals surface area contributed by atoms with E-state index in [0.29, 0.717) is 23.6 Å². The van der Waals surface area contributed by atoms with Gasteiger partial charge in [0.05, 0.1) is 25.8 Å². The molecule has 1 N–H and O–H groups in total. The molecule has 0 unspecified atom stereocenters. The first-order valence-electron chi connectivity index (χ1n) is 10.3. The van der Waals surface area contributed by atoms with Crippen LogP contribution in [-0.2, 0) is 14.9 Å². The summed E-state index contributed by atoms with van der Waals surface area (Å²) in [5, 5.41) is 3.17. The topological polar surface area (TPSA) is 61.9 Å². The summed E-state index contributed by atoms with van der Waals surface area (Å²) >= 11 is 0. The summed E-state index contributed by atoms with van der Waals surface area (Å²) in [4.78, 5) is 29.8. The number of hydrogen-bond donors (Lipinski definition) is 1. The van der Waals surface area contributed by atoms with Gasteiger partial charge in [-0.2, -0.15) is 0 Å². The van der Waals surface area contributed by atoms with E-state index in [9.17, 15) is 9.59 Å². The van der Waals surface area contributed by atoms with E-state index in [1.165, 1.54) is 0 Å². The maximum absolute atomic E-state index is 12.9. The van der Waals surface area contributed by atoms with E-state index in [2.05, 4.69) is 10.2 Å². The van der Waals surface area contributed by atoms with Crippen LogP contribution in [-0.4, -0.2) is 80.9 Å². The smallest absolute Gasteiger partial charge is 0.254 e. The maximum atomic E-state index is 12.9. The number of amides is 2. The zero-order valence-electron chi connectivity index (χ0n) is 16.2. The molecule has 3 heterocycles. The van der Waals surface area contributed by atoms with Crippen LogP contribution in [0.2, 0.25) is 0 Å². The third-order valence-electron chi connectivity index (χ3n) is 6.77. The molecule has 1 aliphatic carbocycles. The summed E-state index contributed by atoms with van der Waals surface area (Å²) in [6.07, 6.45) is 4.18. The van der Waals surface area contributed by atoms with Crippen LogP contribution in [0.4, 0.5) is 0 Å². The van der Waals surface area contributed by atoms with E-state index in [-0.39, 0.29) is 29.8 Å². The second kappa shape index (κ2) is 6.88. The van der Waals surface area contributed by atoms with Crippen molar-refractivity contribution in [1.82, 2.24) is 15.1 Å². The molecular weight excluding hydrogens is 353 g/mol. The van der Waals surface area contributed by atoms with Gasteiger partial charge in [-0.1, -0.05) is 17.6 Å². The molecule has 2 amide bonds. The van der Waals surface area contributed by atoms with Crippen LogP contribution >= 0.6 is 0 Å². The predicted octanol–water partition coefficient (Wildman–Crippen LogP) is -0.0528. The molecule has 1 atom stereocenters. The Morgan fingerprint density at radius 2 is 2.14 bits per heavy atom. The van der Waals surface area contributed by atoms with Crippen molar-refractivity contribution < 1.29 is 14.3 Å². The van der Waals surface area contributed by atoms with Crippen LogP contribution in [0, 0.1) is 0 Å². The number of benzene rings is 1.